The Morgan fingerprint density at radius 3 is 2.85 bits per heavy atom. The van der Waals surface area contributed by atoms with Crippen molar-refractivity contribution in [1.82, 2.24) is 15.2 Å². The van der Waals surface area contributed by atoms with Gasteiger partial charge < -0.3 is 9.52 Å². The van der Waals surface area contributed by atoms with Crippen LogP contribution in [0.5, 0.6) is 0 Å². The van der Waals surface area contributed by atoms with E-state index in [1.807, 2.05) is 0 Å². The van der Waals surface area contributed by atoms with E-state index >= 15 is 0 Å². The molecule has 0 aliphatic carbocycles. The summed E-state index contributed by atoms with van der Waals surface area (Å²) in [5, 5.41) is 8.97. The molecule has 0 saturated carbocycles. The van der Waals surface area contributed by atoms with Gasteiger partial charge in [0.25, 0.3) is 5.91 Å². The SMILES string of the molecule is NNC(=O)c1coc(CN2CCCN(CCO)CC2)c1. The van der Waals surface area contributed by atoms with Crippen LogP contribution in [-0.4, -0.2) is 60.1 Å². The van der Waals surface area contributed by atoms with Crippen LogP contribution < -0.4 is 11.3 Å². The second-order valence-corrected chi connectivity index (χ2v) is 4.97. The van der Waals surface area contributed by atoms with Crippen molar-refractivity contribution in [3.63, 3.8) is 0 Å². The molecule has 1 aliphatic rings. The van der Waals surface area contributed by atoms with E-state index in [9.17, 15) is 4.79 Å². The third kappa shape index (κ3) is 4.04. The number of carbonyl (C=O) groups excluding carboxylic acids is 1. The first-order valence-corrected chi connectivity index (χ1v) is 6.87. The lowest BCUT2D eigenvalue weighted by Gasteiger charge is -2.20. The maximum Gasteiger partial charge on any atom is 0.268 e. The van der Waals surface area contributed by atoms with E-state index in [4.69, 9.17) is 15.4 Å². The number of rotatable bonds is 5. The Hall–Kier alpha value is -1.41. The number of nitrogens with one attached hydrogen (secondary N) is 1. The van der Waals surface area contributed by atoms with Crippen LogP contribution in [0, 0.1) is 0 Å². The largest absolute Gasteiger partial charge is 0.467 e. The van der Waals surface area contributed by atoms with Crippen LogP contribution in [0.4, 0.5) is 0 Å². The van der Waals surface area contributed by atoms with Gasteiger partial charge in [0.1, 0.15) is 12.0 Å². The van der Waals surface area contributed by atoms with Crippen LogP contribution in [0.3, 0.4) is 0 Å². The van der Waals surface area contributed by atoms with Crippen molar-refractivity contribution in [3.8, 4) is 0 Å². The van der Waals surface area contributed by atoms with E-state index in [-0.39, 0.29) is 12.5 Å². The number of carbonyl (C=O) groups is 1. The fraction of sp³-hybridized carbons (Fsp3) is 0.615. The molecule has 1 amide bonds. The fourth-order valence-electron chi connectivity index (χ4n) is 2.43. The third-order valence-corrected chi connectivity index (χ3v) is 3.52. The zero-order chi connectivity index (χ0) is 14.4. The highest BCUT2D eigenvalue weighted by Crippen LogP contribution is 2.12. The first kappa shape index (κ1) is 15.0. The lowest BCUT2D eigenvalue weighted by Crippen LogP contribution is -2.32. The molecule has 0 aromatic carbocycles. The van der Waals surface area contributed by atoms with E-state index in [1.54, 1.807) is 6.07 Å². The minimum Gasteiger partial charge on any atom is -0.467 e. The third-order valence-electron chi connectivity index (χ3n) is 3.52. The number of nitrogens with two attached hydrogens (primary N) is 1. The van der Waals surface area contributed by atoms with Gasteiger partial charge in [-0.3, -0.25) is 20.0 Å². The molecule has 4 N–H and O–H groups in total. The predicted octanol–water partition coefficient (Wildman–Crippen LogP) is -0.617. The van der Waals surface area contributed by atoms with Gasteiger partial charge in [-0.05, 0) is 25.6 Å². The van der Waals surface area contributed by atoms with Crippen molar-refractivity contribution in [1.29, 1.82) is 0 Å². The summed E-state index contributed by atoms with van der Waals surface area (Å²) in [7, 11) is 0. The molecule has 2 rings (SSSR count). The number of hydrazine groups is 1. The Morgan fingerprint density at radius 2 is 2.10 bits per heavy atom. The van der Waals surface area contributed by atoms with Crippen LogP contribution >= 0.6 is 0 Å². The Balaban J connectivity index is 1.87. The topological polar surface area (TPSA) is 95.0 Å². The Kier molecular flexibility index (Phi) is 5.54. The number of nitrogen functional groups attached to an aromatic ring is 1. The van der Waals surface area contributed by atoms with Crippen LogP contribution in [0.1, 0.15) is 22.5 Å². The van der Waals surface area contributed by atoms with Gasteiger partial charge in [-0.25, -0.2) is 5.84 Å². The van der Waals surface area contributed by atoms with Gasteiger partial charge in [0.05, 0.1) is 18.7 Å². The molecule has 0 spiro atoms. The maximum absolute atomic E-state index is 11.3. The molecule has 1 aromatic heterocycles. The van der Waals surface area contributed by atoms with Crippen molar-refractivity contribution in [2.75, 3.05) is 39.3 Å². The zero-order valence-electron chi connectivity index (χ0n) is 11.5. The molecule has 1 aromatic rings. The molecule has 0 unspecified atom stereocenters. The molecule has 2 heterocycles. The number of aliphatic hydroxyl groups is 1. The zero-order valence-corrected chi connectivity index (χ0v) is 11.5. The maximum atomic E-state index is 11.3. The predicted molar refractivity (Wildman–Crippen MR) is 73.8 cm³/mol. The van der Waals surface area contributed by atoms with E-state index in [1.165, 1.54) is 6.26 Å². The minimum absolute atomic E-state index is 0.204. The highest BCUT2D eigenvalue weighted by atomic mass is 16.3. The highest BCUT2D eigenvalue weighted by molar-refractivity contribution is 5.93. The summed E-state index contributed by atoms with van der Waals surface area (Å²) < 4.78 is 5.39. The van der Waals surface area contributed by atoms with Gasteiger partial charge in [0, 0.05) is 19.6 Å². The quantitative estimate of drug-likeness (QED) is 0.379. The van der Waals surface area contributed by atoms with Crippen molar-refractivity contribution >= 4 is 5.91 Å². The molecule has 1 fully saturated rings. The molecule has 0 atom stereocenters. The van der Waals surface area contributed by atoms with Crippen LogP contribution in [0.15, 0.2) is 16.7 Å². The summed E-state index contributed by atoms with van der Waals surface area (Å²) in [6.07, 6.45) is 2.49. The average Bonchev–Trinajstić information content (AvgIpc) is 2.80. The highest BCUT2D eigenvalue weighted by Gasteiger charge is 2.16. The van der Waals surface area contributed by atoms with Gasteiger partial charge in [-0.2, -0.15) is 0 Å². The first-order valence-electron chi connectivity index (χ1n) is 6.87. The lowest BCUT2D eigenvalue weighted by molar-refractivity contribution is 0.0953. The van der Waals surface area contributed by atoms with Gasteiger partial charge >= 0.3 is 0 Å². The molecule has 1 saturated heterocycles. The number of nitrogens with zero attached hydrogens (tertiary/aromatic N) is 2. The molecular weight excluding hydrogens is 260 g/mol. The number of β-amino-alcohol motifs (C(OH)–C–C–N with tert-alkyl or cyclic N) is 1. The molecule has 7 heteroatoms. The second kappa shape index (κ2) is 7.39. The van der Waals surface area contributed by atoms with E-state index in [2.05, 4.69) is 15.2 Å². The van der Waals surface area contributed by atoms with Gasteiger partial charge in [-0.15, -0.1) is 0 Å². The van der Waals surface area contributed by atoms with Crippen molar-refractivity contribution < 1.29 is 14.3 Å². The summed E-state index contributed by atoms with van der Waals surface area (Å²) in [4.78, 5) is 15.9. The lowest BCUT2D eigenvalue weighted by atomic mass is 10.3. The minimum atomic E-state index is -0.343. The van der Waals surface area contributed by atoms with Crippen molar-refractivity contribution in [2.24, 2.45) is 5.84 Å². The Bertz CT molecular complexity index is 435. The van der Waals surface area contributed by atoms with E-state index in [0.29, 0.717) is 12.1 Å². The molecule has 112 valence electrons. The van der Waals surface area contributed by atoms with E-state index < -0.39 is 0 Å². The Morgan fingerprint density at radius 1 is 1.35 bits per heavy atom. The monoisotopic (exact) mass is 282 g/mol. The number of hydrogen-bond acceptors (Lipinski definition) is 6. The van der Waals surface area contributed by atoms with E-state index in [0.717, 1.165) is 44.9 Å². The average molecular weight is 282 g/mol. The van der Waals surface area contributed by atoms with Crippen LogP contribution in [-0.2, 0) is 6.54 Å². The molecule has 1 aliphatic heterocycles. The second-order valence-electron chi connectivity index (χ2n) is 4.97. The van der Waals surface area contributed by atoms with Gasteiger partial charge in [0.2, 0.25) is 0 Å². The number of amides is 1. The van der Waals surface area contributed by atoms with Crippen molar-refractivity contribution in [3.05, 3.63) is 23.7 Å². The van der Waals surface area contributed by atoms with Crippen LogP contribution in [0.2, 0.25) is 0 Å². The molecule has 7 nitrogen and oxygen atoms in total. The normalized spacial score (nSPS) is 17.9. The summed E-state index contributed by atoms with van der Waals surface area (Å²) >= 11 is 0. The molecule has 0 bridgehead atoms. The molecule has 20 heavy (non-hydrogen) atoms. The Labute approximate surface area is 118 Å². The van der Waals surface area contributed by atoms with Gasteiger partial charge in [0.15, 0.2) is 0 Å². The summed E-state index contributed by atoms with van der Waals surface area (Å²) in [6, 6.07) is 1.72. The standard InChI is InChI=1S/C13H22N4O3/c14-15-13(19)11-8-12(20-10-11)9-17-3-1-2-16(4-5-17)6-7-18/h8,10,18H,1-7,9,14H2,(H,15,19). The first-order chi connectivity index (χ1) is 9.72. The summed E-state index contributed by atoms with van der Waals surface area (Å²) in [5.41, 5.74) is 2.53. The van der Waals surface area contributed by atoms with Gasteiger partial charge in [-0.1, -0.05) is 0 Å². The smallest absolute Gasteiger partial charge is 0.268 e. The molecular formula is C13H22N4O3. The molecule has 0 radical (unpaired) electrons. The summed E-state index contributed by atoms with van der Waals surface area (Å²) in [6.45, 7) is 5.49. The number of hydrogen-bond donors (Lipinski definition) is 3. The number of furan rings is 1. The van der Waals surface area contributed by atoms with Crippen LogP contribution in [0.25, 0.3) is 0 Å². The number of aliphatic hydroxyl groups excluding tert-OH is 1. The van der Waals surface area contributed by atoms with Crippen molar-refractivity contribution in [2.45, 2.75) is 13.0 Å². The summed E-state index contributed by atoms with van der Waals surface area (Å²) in [5.74, 6) is 5.50. The fourth-order valence-corrected chi connectivity index (χ4v) is 2.43.